The van der Waals surface area contributed by atoms with Crippen molar-refractivity contribution in [3.05, 3.63) is 23.8 Å². The van der Waals surface area contributed by atoms with Crippen LogP contribution in [-0.2, 0) is 14.8 Å². The van der Waals surface area contributed by atoms with Crippen molar-refractivity contribution in [2.75, 3.05) is 5.32 Å². The van der Waals surface area contributed by atoms with Gasteiger partial charge >= 0.3 is 0 Å². The SMILES string of the molecule is CC(C)(C)CC(=O)Nc1c(F)cc(S(N)(=O)=O)cc1F. The molecule has 0 fully saturated rings. The molecular formula is C12H16F2N2O3S. The van der Waals surface area contributed by atoms with Gasteiger partial charge in [-0.05, 0) is 17.5 Å². The Morgan fingerprint density at radius 1 is 1.25 bits per heavy atom. The number of amides is 1. The van der Waals surface area contributed by atoms with E-state index in [9.17, 15) is 22.0 Å². The molecule has 3 N–H and O–H groups in total. The third kappa shape index (κ3) is 4.53. The average molecular weight is 306 g/mol. The maximum Gasteiger partial charge on any atom is 0.238 e. The maximum absolute atomic E-state index is 13.7. The van der Waals surface area contributed by atoms with Crippen molar-refractivity contribution in [1.82, 2.24) is 0 Å². The van der Waals surface area contributed by atoms with E-state index < -0.39 is 38.1 Å². The summed E-state index contributed by atoms with van der Waals surface area (Å²) in [4.78, 5) is 10.9. The van der Waals surface area contributed by atoms with Gasteiger partial charge in [0.25, 0.3) is 0 Å². The minimum absolute atomic E-state index is 0.0584. The van der Waals surface area contributed by atoms with Gasteiger partial charge in [-0.2, -0.15) is 0 Å². The Kier molecular flexibility index (Phi) is 4.50. The van der Waals surface area contributed by atoms with Crippen molar-refractivity contribution in [3.63, 3.8) is 0 Å². The smallest absolute Gasteiger partial charge is 0.238 e. The summed E-state index contributed by atoms with van der Waals surface area (Å²) in [5, 5.41) is 6.87. The summed E-state index contributed by atoms with van der Waals surface area (Å²) in [5.41, 5.74) is -1.04. The number of carbonyl (C=O) groups is 1. The molecule has 0 atom stereocenters. The summed E-state index contributed by atoms with van der Waals surface area (Å²) in [6.45, 7) is 5.39. The lowest BCUT2D eigenvalue weighted by atomic mass is 9.92. The molecule has 8 heteroatoms. The van der Waals surface area contributed by atoms with E-state index in [4.69, 9.17) is 5.14 Å². The van der Waals surface area contributed by atoms with Gasteiger partial charge in [0.2, 0.25) is 15.9 Å². The minimum Gasteiger partial charge on any atom is -0.321 e. The normalized spacial score (nSPS) is 12.3. The molecule has 0 spiro atoms. The molecule has 1 aromatic rings. The maximum atomic E-state index is 13.7. The Morgan fingerprint density at radius 2 is 1.70 bits per heavy atom. The number of nitrogens with two attached hydrogens (primary N) is 1. The van der Waals surface area contributed by atoms with Crippen LogP contribution in [0.3, 0.4) is 0 Å². The first-order chi connectivity index (χ1) is 8.90. The Bertz CT molecular complexity index is 614. The second-order valence-electron chi connectivity index (χ2n) is 5.59. The summed E-state index contributed by atoms with van der Waals surface area (Å²) in [7, 11) is -4.21. The van der Waals surface area contributed by atoms with Crippen molar-refractivity contribution in [3.8, 4) is 0 Å². The zero-order valence-electron chi connectivity index (χ0n) is 11.3. The number of carbonyl (C=O) groups excluding carboxylic acids is 1. The first kappa shape index (κ1) is 16.5. The number of hydrogen-bond donors (Lipinski definition) is 2. The summed E-state index contributed by atoms with van der Waals surface area (Å²) < 4.78 is 49.4. The topological polar surface area (TPSA) is 89.3 Å². The highest BCUT2D eigenvalue weighted by atomic mass is 32.2. The van der Waals surface area contributed by atoms with Crippen LogP contribution in [0.1, 0.15) is 27.2 Å². The molecule has 0 radical (unpaired) electrons. The summed E-state index contributed by atoms with van der Waals surface area (Å²) >= 11 is 0. The number of nitrogens with one attached hydrogen (secondary N) is 1. The zero-order chi connectivity index (χ0) is 15.7. The van der Waals surface area contributed by atoms with Gasteiger partial charge in [0.1, 0.15) is 5.69 Å². The molecule has 0 aliphatic carbocycles. The number of benzene rings is 1. The van der Waals surface area contributed by atoms with Crippen LogP contribution in [0.15, 0.2) is 17.0 Å². The fourth-order valence-electron chi connectivity index (χ4n) is 1.50. The molecule has 112 valence electrons. The molecule has 0 saturated carbocycles. The van der Waals surface area contributed by atoms with Crippen molar-refractivity contribution < 1.29 is 22.0 Å². The van der Waals surface area contributed by atoms with Crippen molar-refractivity contribution >= 4 is 21.6 Å². The van der Waals surface area contributed by atoms with E-state index in [0.29, 0.717) is 12.1 Å². The van der Waals surface area contributed by atoms with Crippen LogP contribution in [0.2, 0.25) is 0 Å². The van der Waals surface area contributed by atoms with E-state index in [-0.39, 0.29) is 11.8 Å². The predicted octanol–water partition coefficient (Wildman–Crippen LogP) is 1.99. The molecule has 1 amide bonds. The predicted molar refractivity (Wildman–Crippen MR) is 70.4 cm³/mol. The highest BCUT2D eigenvalue weighted by molar-refractivity contribution is 7.89. The second kappa shape index (κ2) is 5.45. The molecule has 0 bridgehead atoms. The molecule has 0 aliphatic heterocycles. The fourth-order valence-corrected chi connectivity index (χ4v) is 2.03. The lowest BCUT2D eigenvalue weighted by Crippen LogP contribution is -2.21. The van der Waals surface area contributed by atoms with Gasteiger partial charge in [0.05, 0.1) is 4.90 Å². The van der Waals surface area contributed by atoms with Crippen LogP contribution in [0.4, 0.5) is 14.5 Å². The van der Waals surface area contributed by atoms with Crippen LogP contribution in [0.5, 0.6) is 0 Å². The number of halogens is 2. The van der Waals surface area contributed by atoms with Gasteiger partial charge in [-0.25, -0.2) is 22.3 Å². The molecule has 1 aromatic carbocycles. The third-order valence-corrected chi connectivity index (χ3v) is 3.19. The Hall–Kier alpha value is -1.54. The largest absolute Gasteiger partial charge is 0.321 e. The number of rotatable bonds is 3. The summed E-state index contributed by atoms with van der Waals surface area (Å²) in [6, 6.07) is 1.12. The highest BCUT2D eigenvalue weighted by Crippen LogP contribution is 2.25. The van der Waals surface area contributed by atoms with Gasteiger partial charge < -0.3 is 5.32 Å². The monoisotopic (exact) mass is 306 g/mol. The Morgan fingerprint density at radius 3 is 2.05 bits per heavy atom. The number of hydrogen-bond acceptors (Lipinski definition) is 3. The molecule has 5 nitrogen and oxygen atoms in total. The van der Waals surface area contributed by atoms with E-state index in [2.05, 4.69) is 5.32 Å². The van der Waals surface area contributed by atoms with Crippen molar-refractivity contribution in [1.29, 1.82) is 0 Å². The lowest BCUT2D eigenvalue weighted by Gasteiger charge is -2.17. The van der Waals surface area contributed by atoms with Gasteiger partial charge in [0, 0.05) is 6.42 Å². The van der Waals surface area contributed by atoms with Crippen LogP contribution in [-0.4, -0.2) is 14.3 Å². The quantitative estimate of drug-likeness (QED) is 0.895. The fraction of sp³-hybridized carbons (Fsp3) is 0.417. The van der Waals surface area contributed by atoms with Crippen molar-refractivity contribution in [2.45, 2.75) is 32.1 Å². The second-order valence-corrected chi connectivity index (χ2v) is 7.15. The summed E-state index contributed by atoms with van der Waals surface area (Å²) in [5.74, 6) is -2.97. The van der Waals surface area contributed by atoms with E-state index >= 15 is 0 Å². The molecule has 0 unspecified atom stereocenters. The van der Waals surface area contributed by atoms with Crippen LogP contribution >= 0.6 is 0 Å². The van der Waals surface area contributed by atoms with Gasteiger partial charge in [-0.15, -0.1) is 0 Å². The standard InChI is InChI=1S/C12H16F2N2O3S/c1-12(2,3)6-10(17)16-11-8(13)4-7(5-9(11)14)20(15,18)19/h4-5H,6H2,1-3H3,(H,16,17)(H2,15,18,19). The van der Waals surface area contributed by atoms with E-state index in [1.807, 2.05) is 0 Å². The van der Waals surface area contributed by atoms with Gasteiger partial charge in [0.15, 0.2) is 11.6 Å². The van der Waals surface area contributed by atoms with E-state index in [1.54, 1.807) is 20.8 Å². The molecule has 0 heterocycles. The lowest BCUT2D eigenvalue weighted by molar-refractivity contribution is -0.117. The minimum atomic E-state index is -4.21. The van der Waals surface area contributed by atoms with Gasteiger partial charge in [-0.1, -0.05) is 20.8 Å². The molecule has 20 heavy (non-hydrogen) atoms. The van der Waals surface area contributed by atoms with Crippen LogP contribution in [0, 0.1) is 17.0 Å². The highest BCUT2D eigenvalue weighted by Gasteiger charge is 2.21. The number of sulfonamides is 1. The molecule has 0 aliphatic rings. The third-order valence-electron chi connectivity index (χ3n) is 2.30. The van der Waals surface area contributed by atoms with Crippen LogP contribution in [0.25, 0.3) is 0 Å². The van der Waals surface area contributed by atoms with Crippen molar-refractivity contribution in [2.24, 2.45) is 10.6 Å². The molecule has 0 saturated heterocycles. The first-order valence-corrected chi connectivity index (χ1v) is 7.26. The Balaban J connectivity index is 3.07. The van der Waals surface area contributed by atoms with E-state index in [0.717, 1.165) is 0 Å². The number of primary sulfonamides is 1. The molecule has 1 rings (SSSR count). The molecular weight excluding hydrogens is 290 g/mol. The first-order valence-electron chi connectivity index (χ1n) is 5.72. The van der Waals surface area contributed by atoms with Gasteiger partial charge in [-0.3, -0.25) is 4.79 Å². The molecule has 0 aromatic heterocycles. The number of anilines is 1. The van der Waals surface area contributed by atoms with Crippen LogP contribution < -0.4 is 10.5 Å². The van der Waals surface area contributed by atoms with E-state index in [1.165, 1.54) is 0 Å². The average Bonchev–Trinajstić information content (AvgIpc) is 2.19. The summed E-state index contributed by atoms with van der Waals surface area (Å²) in [6.07, 6.45) is 0.0584. The zero-order valence-corrected chi connectivity index (χ0v) is 12.1. The Labute approximate surface area is 116 Å².